The molecule has 18 heavy (non-hydrogen) atoms. The Labute approximate surface area is 123 Å². The van der Waals surface area contributed by atoms with Crippen LogP contribution < -0.4 is 10.6 Å². The lowest BCUT2D eigenvalue weighted by Gasteiger charge is -2.10. The summed E-state index contributed by atoms with van der Waals surface area (Å²) in [5.74, 6) is 0.0878. The minimum atomic E-state index is 0.0878. The van der Waals surface area contributed by atoms with Crippen molar-refractivity contribution in [3.63, 3.8) is 0 Å². The number of amides is 1. The van der Waals surface area contributed by atoms with Gasteiger partial charge in [-0.15, -0.1) is 0 Å². The van der Waals surface area contributed by atoms with Crippen molar-refractivity contribution in [1.82, 2.24) is 5.32 Å². The van der Waals surface area contributed by atoms with Gasteiger partial charge in [0.15, 0.2) is 0 Å². The molecular formula is C14H21IN2O. The second-order valence-electron chi connectivity index (χ2n) is 4.72. The topological polar surface area (TPSA) is 41.1 Å². The summed E-state index contributed by atoms with van der Waals surface area (Å²) in [5.41, 5.74) is 2.02. The summed E-state index contributed by atoms with van der Waals surface area (Å²) in [7, 11) is 0. The summed E-state index contributed by atoms with van der Waals surface area (Å²) in [6.45, 7) is 7.11. The molecule has 0 unspecified atom stereocenters. The molecule has 0 saturated heterocycles. The minimum absolute atomic E-state index is 0.0878. The average molecular weight is 360 g/mol. The molecule has 3 nitrogen and oxygen atoms in total. The van der Waals surface area contributed by atoms with E-state index in [1.807, 2.05) is 19.1 Å². The molecule has 1 aromatic carbocycles. The third kappa shape index (κ3) is 5.82. The van der Waals surface area contributed by atoms with Gasteiger partial charge in [0, 0.05) is 21.7 Å². The highest BCUT2D eigenvalue weighted by Gasteiger charge is 2.05. The zero-order chi connectivity index (χ0) is 13.5. The van der Waals surface area contributed by atoms with Crippen molar-refractivity contribution in [2.75, 3.05) is 11.9 Å². The maximum atomic E-state index is 11.8. The molecule has 0 atom stereocenters. The number of rotatable bonds is 6. The molecule has 0 heterocycles. The zero-order valence-electron chi connectivity index (χ0n) is 11.2. The van der Waals surface area contributed by atoms with Gasteiger partial charge in [0.25, 0.3) is 0 Å². The number of aryl methyl sites for hydroxylation is 1. The van der Waals surface area contributed by atoms with E-state index in [1.165, 1.54) is 3.57 Å². The largest absolute Gasteiger partial charge is 0.326 e. The van der Waals surface area contributed by atoms with Gasteiger partial charge >= 0.3 is 0 Å². The SMILES string of the molecule is Cc1cc(I)ccc1NC(=O)CCCNC(C)C. The smallest absolute Gasteiger partial charge is 0.224 e. The molecule has 0 aliphatic heterocycles. The zero-order valence-corrected chi connectivity index (χ0v) is 13.4. The van der Waals surface area contributed by atoms with Gasteiger partial charge in [0.2, 0.25) is 5.91 Å². The normalized spacial score (nSPS) is 10.7. The molecule has 0 aliphatic rings. The number of anilines is 1. The van der Waals surface area contributed by atoms with Crippen LogP contribution in [0.25, 0.3) is 0 Å². The Hall–Kier alpha value is -0.620. The first-order chi connectivity index (χ1) is 8.49. The van der Waals surface area contributed by atoms with Crippen LogP contribution in [0.1, 0.15) is 32.3 Å². The van der Waals surface area contributed by atoms with E-state index in [0.29, 0.717) is 12.5 Å². The summed E-state index contributed by atoms with van der Waals surface area (Å²) < 4.78 is 1.18. The van der Waals surface area contributed by atoms with E-state index in [-0.39, 0.29) is 5.91 Å². The summed E-state index contributed by atoms with van der Waals surface area (Å²) >= 11 is 2.27. The van der Waals surface area contributed by atoms with Gasteiger partial charge in [0.1, 0.15) is 0 Å². The van der Waals surface area contributed by atoms with E-state index in [4.69, 9.17) is 0 Å². The molecule has 0 radical (unpaired) electrons. The monoisotopic (exact) mass is 360 g/mol. The molecule has 1 aromatic rings. The number of hydrogen-bond acceptors (Lipinski definition) is 2. The maximum absolute atomic E-state index is 11.8. The van der Waals surface area contributed by atoms with E-state index >= 15 is 0 Å². The van der Waals surface area contributed by atoms with Gasteiger partial charge in [-0.2, -0.15) is 0 Å². The number of benzene rings is 1. The lowest BCUT2D eigenvalue weighted by Crippen LogP contribution is -2.24. The summed E-state index contributed by atoms with van der Waals surface area (Å²) in [6, 6.07) is 6.51. The fourth-order valence-corrected chi connectivity index (χ4v) is 2.27. The van der Waals surface area contributed by atoms with Crippen LogP contribution in [0.15, 0.2) is 18.2 Å². The van der Waals surface area contributed by atoms with Gasteiger partial charge in [-0.05, 0) is 66.2 Å². The summed E-state index contributed by atoms with van der Waals surface area (Å²) in [6.07, 6.45) is 1.43. The molecule has 100 valence electrons. The number of halogens is 1. The van der Waals surface area contributed by atoms with Crippen LogP contribution in [0.3, 0.4) is 0 Å². The van der Waals surface area contributed by atoms with Crippen molar-refractivity contribution in [3.05, 3.63) is 27.3 Å². The number of carbonyl (C=O) groups excluding carboxylic acids is 1. The van der Waals surface area contributed by atoms with Gasteiger partial charge in [-0.3, -0.25) is 4.79 Å². The van der Waals surface area contributed by atoms with Crippen molar-refractivity contribution in [3.8, 4) is 0 Å². The van der Waals surface area contributed by atoms with Crippen LogP contribution in [0.5, 0.6) is 0 Å². The first kappa shape index (κ1) is 15.4. The Morgan fingerprint density at radius 1 is 1.39 bits per heavy atom. The maximum Gasteiger partial charge on any atom is 0.224 e. The van der Waals surface area contributed by atoms with Crippen molar-refractivity contribution >= 4 is 34.2 Å². The predicted octanol–water partition coefficient (Wildman–Crippen LogP) is 3.32. The Kier molecular flexibility index (Phi) is 6.63. The minimum Gasteiger partial charge on any atom is -0.326 e. The molecular weight excluding hydrogens is 339 g/mol. The number of nitrogens with one attached hydrogen (secondary N) is 2. The third-order valence-electron chi connectivity index (χ3n) is 2.60. The summed E-state index contributed by atoms with van der Waals surface area (Å²) in [5, 5.41) is 6.26. The predicted molar refractivity (Wildman–Crippen MR) is 84.9 cm³/mol. The van der Waals surface area contributed by atoms with E-state index in [1.54, 1.807) is 0 Å². The highest BCUT2D eigenvalue weighted by atomic mass is 127. The second kappa shape index (κ2) is 7.74. The van der Waals surface area contributed by atoms with Crippen LogP contribution in [-0.4, -0.2) is 18.5 Å². The highest BCUT2D eigenvalue weighted by molar-refractivity contribution is 14.1. The molecule has 1 amide bonds. The lowest BCUT2D eigenvalue weighted by atomic mass is 10.2. The highest BCUT2D eigenvalue weighted by Crippen LogP contribution is 2.17. The van der Waals surface area contributed by atoms with Crippen LogP contribution >= 0.6 is 22.6 Å². The van der Waals surface area contributed by atoms with Crippen LogP contribution in [0.4, 0.5) is 5.69 Å². The van der Waals surface area contributed by atoms with Crippen molar-refractivity contribution < 1.29 is 4.79 Å². The lowest BCUT2D eigenvalue weighted by molar-refractivity contribution is -0.116. The van der Waals surface area contributed by atoms with E-state index in [0.717, 1.165) is 24.2 Å². The Balaban J connectivity index is 2.35. The molecule has 1 rings (SSSR count). The number of carbonyl (C=O) groups is 1. The van der Waals surface area contributed by atoms with Gasteiger partial charge in [-0.25, -0.2) is 0 Å². The van der Waals surface area contributed by atoms with Crippen LogP contribution in [-0.2, 0) is 4.79 Å². The molecule has 0 bridgehead atoms. The first-order valence-electron chi connectivity index (χ1n) is 6.28. The fourth-order valence-electron chi connectivity index (χ4n) is 1.62. The average Bonchev–Trinajstić information content (AvgIpc) is 2.28. The van der Waals surface area contributed by atoms with Crippen LogP contribution in [0, 0.1) is 10.5 Å². The third-order valence-corrected chi connectivity index (χ3v) is 3.27. The Morgan fingerprint density at radius 3 is 2.72 bits per heavy atom. The van der Waals surface area contributed by atoms with E-state index < -0.39 is 0 Å². The first-order valence-corrected chi connectivity index (χ1v) is 7.36. The van der Waals surface area contributed by atoms with E-state index in [9.17, 15) is 4.79 Å². The van der Waals surface area contributed by atoms with Gasteiger partial charge < -0.3 is 10.6 Å². The molecule has 4 heteroatoms. The van der Waals surface area contributed by atoms with Crippen molar-refractivity contribution in [2.24, 2.45) is 0 Å². The Morgan fingerprint density at radius 2 is 2.11 bits per heavy atom. The van der Waals surface area contributed by atoms with Gasteiger partial charge in [0.05, 0.1) is 0 Å². The van der Waals surface area contributed by atoms with E-state index in [2.05, 4.69) is 53.1 Å². The van der Waals surface area contributed by atoms with Gasteiger partial charge in [-0.1, -0.05) is 13.8 Å². The molecule has 0 saturated carbocycles. The van der Waals surface area contributed by atoms with Crippen LogP contribution in [0.2, 0.25) is 0 Å². The van der Waals surface area contributed by atoms with Crippen molar-refractivity contribution in [1.29, 1.82) is 0 Å². The quantitative estimate of drug-likeness (QED) is 0.604. The molecule has 0 aromatic heterocycles. The standard InChI is InChI=1S/C14H21IN2O/c1-10(2)16-8-4-5-14(18)17-13-7-6-12(15)9-11(13)3/h6-7,9-10,16H,4-5,8H2,1-3H3,(H,17,18). The number of hydrogen-bond donors (Lipinski definition) is 2. The molecule has 0 aliphatic carbocycles. The fraction of sp³-hybridized carbons (Fsp3) is 0.500. The second-order valence-corrected chi connectivity index (χ2v) is 5.97. The summed E-state index contributed by atoms with van der Waals surface area (Å²) in [4.78, 5) is 11.8. The molecule has 0 fully saturated rings. The van der Waals surface area contributed by atoms with Crippen molar-refractivity contribution in [2.45, 2.75) is 39.7 Å². The Bertz CT molecular complexity index is 405. The molecule has 0 spiro atoms. The molecule has 2 N–H and O–H groups in total.